The molecule has 0 saturated carbocycles. The Hall–Kier alpha value is -3.97. The highest BCUT2D eigenvalue weighted by Crippen LogP contribution is 2.41. The molecule has 0 spiro atoms. The number of methoxy groups -OCH3 is 3. The Labute approximate surface area is 201 Å². The van der Waals surface area contributed by atoms with E-state index in [1.807, 2.05) is 0 Å². The first-order valence-corrected chi connectivity index (χ1v) is 10.6. The van der Waals surface area contributed by atoms with E-state index in [4.69, 9.17) is 35.3 Å². The number of hydrogen-bond donors (Lipinski definition) is 0. The number of rotatable bonds is 6. The highest BCUT2D eigenvalue weighted by molar-refractivity contribution is 6.33. The summed E-state index contributed by atoms with van der Waals surface area (Å²) in [6.45, 7) is 1.75. The van der Waals surface area contributed by atoms with Crippen molar-refractivity contribution in [3.8, 4) is 28.7 Å². The number of benzene rings is 3. The van der Waals surface area contributed by atoms with E-state index < -0.39 is 5.97 Å². The molecule has 0 aromatic heterocycles. The summed E-state index contributed by atoms with van der Waals surface area (Å²) in [6.07, 6.45) is 1.58. The van der Waals surface area contributed by atoms with Gasteiger partial charge in [-0.15, -0.1) is 0 Å². The number of ketones is 1. The first-order valence-electron chi connectivity index (χ1n) is 10.2. The monoisotopic (exact) mass is 480 g/mol. The van der Waals surface area contributed by atoms with Gasteiger partial charge in [0.25, 0.3) is 0 Å². The van der Waals surface area contributed by atoms with E-state index >= 15 is 0 Å². The van der Waals surface area contributed by atoms with Crippen LogP contribution in [-0.4, -0.2) is 33.1 Å². The van der Waals surface area contributed by atoms with Crippen LogP contribution in [0.4, 0.5) is 0 Å². The Morgan fingerprint density at radius 3 is 2.26 bits per heavy atom. The summed E-state index contributed by atoms with van der Waals surface area (Å²) in [7, 11) is 4.53. The summed E-state index contributed by atoms with van der Waals surface area (Å²) in [5.41, 5.74) is 1.87. The van der Waals surface area contributed by atoms with Crippen molar-refractivity contribution in [2.45, 2.75) is 6.92 Å². The molecule has 0 N–H and O–H groups in total. The van der Waals surface area contributed by atoms with Crippen molar-refractivity contribution < 1.29 is 33.3 Å². The number of Topliss-reactive ketones (excluding diaryl/α,β-unsaturated/α-hetero) is 1. The standard InChI is InChI=1S/C26H21ClO7/c1-14-9-16(33-26(29)17-7-5-6-8-18(17)27)13-19-23(14)24(28)20(34-19)10-15-11-21(30-2)25(32-4)22(12-15)31-3/h5-13H,1-4H3/b20-10-. The number of allylic oxidation sites excluding steroid dienone is 1. The molecule has 34 heavy (non-hydrogen) atoms. The molecule has 0 saturated heterocycles. The minimum absolute atomic E-state index is 0.113. The van der Waals surface area contributed by atoms with Crippen molar-refractivity contribution in [3.63, 3.8) is 0 Å². The Morgan fingerprint density at radius 1 is 0.971 bits per heavy atom. The highest BCUT2D eigenvalue weighted by Gasteiger charge is 2.30. The fourth-order valence-electron chi connectivity index (χ4n) is 3.66. The zero-order chi connectivity index (χ0) is 24.4. The SMILES string of the molecule is COc1cc(/C=C2\Oc3cc(OC(=O)c4ccccc4Cl)cc(C)c3C2=O)cc(OC)c1OC. The van der Waals surface area contributed by atoms with Crippen LogP contribution >= 0.6 is 11.6 Å². The molecule has 1 heterocycles. The summed E-state index contributed by atoms with van der Waals surface area (Å²) in [4.78, 5) is 25.6. The first-order chi connectivity index (χ1) is 16.4. The Kier molecular flexibility index (Phi) is 6.47. The van der Waals surface area contributed by atoms with Crippen LogP contribution in [0.3, 0.4) is 0 Å². The number of hydrogen-bond acceptors (Lipinski definition) is 7. The summed E-state index contributed by atoms with van der Waals surface area (Å²) in [6, 6.07) is 13.1. The molecule has 0 bridgehead atoms. The maximum absolute atomic E-state index is 13.0. The number of ether oxygens (including phenoxy) is 5. The third-order valence-electron chi connectivity index (χ3n) is 5.23. The van der Waals surface area contributed by atoms with E-state index in [0.717, 1.165) is 0 Å². The van der Waals surface area contributed by atoms with Gasteiger partial charge in [-0.25, -0.2) is 4.79 Å². The fourth-order valence-corrected chi connectivity index (χ4v) is 3.87. The van der Waals surface area contributed by atoms with Gasteiger partial charge in [0.05, 0.1) is 37.5 Å². The van der Waals surface area contributed by atoms with Crippen LogP contribution in [0.15, 0.2) is 54.3 Å². The van der Waals surface area contributed by atoms with Crippen LogP contribution in [0, 0.1) is 6.92 Å². The first kappa shape index (κ1) is 23.2. The maximum Gasteiger partial charge on any atom is 0.345 e. The van der Waals surface area contributed by atoms with Crippen molar-refractivity contribution >= 4 is 29.4 Å². The Balaban J connectivity index is 1.65. The molecule has 174 valence electrons. The van der Waals surface area contributed by atoms with Crippen molar-refractivity contribution in [2.24, 2.45) is 0 Å². The second-order valence-electron chi connectivity index (χ2n) is 7.38. The second kappa shape index (κ2) is 9.49. The molecular weight excluding hydrogens is 460 g/mol. The zero-order valence-corrected chi connectivity index (χ0v) is 19.7. The average molecular weight is 481 g/mol. The molecular formula is C26H21ClO7. The Morgan fingerprint density at radius 2 is 1.65 bits per heavy atom. The third-order valence-corrected chi connectivity index (χ3v) is 5.56. The summed E-state index contributed by atoms with van der Waals surface area (Å²) < 4.78 is 27.4. The lowest BCUT2D eigenvalue weighted by Gasteiger charge is -2.13. The highest BCUT2D eigenvalue weighted by atomic mass is 35.5. The third kappa shape index (κ3) is 4.30. The second-order valence-corrected chi connectivity index (χ2v) is 7.79. The molecule has 7 nitrogen and oxygen atoms in total. The molecule has 3 aromatic carbocycles. The molecule has 8 heteroatoms. The van der Waals surface area contributed by atoms with Crippen molar-refractivity contribution in [1.29, 1.82) is 0 Å². The molecule has 1 aliphatic rings. The van der Waals surface area contributed by atoms with Crippen LogP contribution in [0.1, 0.15) is 31.8 Å². The van der Waals surface area contributed by atoms with E-state index in [2.05, 4.69) is 0 Å². The van der Waals surface area contributed by atoms with Crippen LogP contribution in [0.25, 0.3) is 6.08 Å². The molecule has 0 fully saturated rings. The predicted molar refractivity (Wildman–Crippen MR) is 127 cm³/mol. The normalized spacial score (nSPS) is 13.3. The van der Waals surface area contributed by atoms with Gasteiger partial charge in [0.2, 0.25) is 11.5 Å². The molecule has 1 aliphatic heterocycles. The lowest BCUT2D eigenvalue weighted by molar-refractivity contribution is 0.0734. The maximum atomic E-state index is 13.0. The summed E-state index contributed by atoms with van der Waals surface area (Å²) in [5.74, 6) is 1.08. The molecule has 0 amide bonds. The predicted octanol–water partition coefficient (Wildman–Crippen LogP) is 5.51. The van der Waals surface area contributed by atoms with Crippen molar-refractivity contribution in [2.75, 3.05) is 21.3 Å². The number of esters is 1. The largest absolute Gasteiger partial charge is 0.493 e. The van der Waals surface area contributed by atoms with Gasteiger partial charge in [0.1, 0.15) is 11.5 Å². The van der Waals surface area contributed by atoms with E-state index in [9.17, 15) is 9.59 Å². The molecule has 0 atom stereocenters. The topological polar surface area (TPSA) is 80.3 Å². The van der Waals surface area contributed by atoms with Gasteiger partial charge < -0.3 is 23.7 Å². The van der Waals surface area contributed by atoms with Gasteiger partial charge in [0, 0.05) is 6.07 Å². The average Bonchev–Trinajstić information content (AvgIpc) is 3.13. The Bertz CT molecular complexity index is 1300. The van der Waals surface area contributed by atoms with E-state index in [-0.39, 0.29) is 27.9 Å². The molecule has 4 rings (SSSR count). The lowest BCUT2D eigenvalue weighted by atomic mass is 10.0. The minimum Gasteiger partial charge on any atom is -0.493 e. The summed E-state index contributed by atoms with van der Waals surface area (Å²) >= 11 is 6.08. The van der Waals surface area contributed by atoms with Crippen LogP contribution in [0.5, 0.6) is 28.7 Å². The van der Waals surface area contributed by atoms with Gasteiger partial charge in [-0.2, -0.15) is 0 Å². The number of carbonyl (C=O) groups excluding carboxylic acids is 2. The van der Waals surface area contributed by atoms with Crippen LogP contribution < -0.4 is 23.7 Å². The molecule has 0 radical (unpaired) electrons. The van der Waals surface area contributed by atoms with E-state index in [1.54, 1.807) is 55.5 Å². The molecule has 0 unspecified atom stereocenters. The number of fused-ring (bicyclic) bond motifs is 1. The van der Waals surface area contributed by atoms with E-state index in [1.165, 1.54) is 27.4 Å². The van der Waals surface area contributed by atoms with Gasteiger partial charge >= 0.3 is 5.97 Å². The van der Waals surface area contributed by atoms with Crippen molar-refractivity contribution in [3.05, 3.63) is 81.6 Å². The van der Waals surface area contributed by atoms with Gasteiger partial charge in [0.15, 0.2) is 17.3 Å². The fraction of sp³-hybridized carbons (Fsp3) is 0.154. The van der Waals surface area contributed by atoms with Crippen LogP contribution in [-0.2, 0) is 0 Å². The van der Waals surface area contributed by atoms with Crippen LogP contribution in [0.2, 0.25) is 5.02 Å². The minimum atomic E-state index is -0.609. The van der Waals surface area contributed by atoms with Gasteiger partial charge in [-0.1, -0.05) is 23.7 Å². The van der Waals surface area contributed by atoms with E-state index in [0.29, 0.717) is 39.7 Å². The zero-order valence-electron chi connectivity index (χ0n) is 18.9. The molecule has 0 aliphatic carbocycles. The number of carbonyl (C=O) groups is 2. The van der Waals surface area contributed by atoms with Crippen molar-refractivity contribution in [1.82, 2.24) is 0 Å². The smallest absolute Gasteiger partial charge is 0.345 e. The number of aryl methyl sites for hydroxylation is 1. The quantitative estimate of drug-likeness (QED) is 0.261. The number of halogens is 1. The van der Waals surface area contributed by atoms with Gasteiger partial charge in [-0.05, 0) is 54.5 Å². The molecule has 3 aromatic rings. The van der Waals surface area contributed by atoms with Gasteiger partial charge in [-0.3, -0.25) is 4.79 Å². The lowest BCUT2D eigenvalue weighted by Crippen LogP contribution is -2.09. The summed E-state index contributed by atoms with van der Waals surface area (Å²) in [5, 5.41) is 0.285.